The van der Waals surface area contributed by atoms with Gasteiger partial charge in [-0.15, -0.1) is 0 Å². The van der Waals surface area contributed by atoms with Gasteiger partial charge < -0.3 is 4.57 Å². The third-order valence-electron chi connectivity index (χ3n) is 3.76. The number of imidazole rings is 1. The van der Waals surface area contributed by atoms with Crippen LogP contribution in [0.25, 0.3) is 0 Å². The molecule has 5 nitrogen and oxygen atoms in total. The van der Waals surface area contributed by atoms with Crippen LogP contribution >= 0.6 is 11.6 Å². The highest BCUT2D eigenvalue weighted by atomic mass is 35.5. The molecule has 0 amide bonds. The van der Waals surface area contributed by atoms with Gasteiger partial charge in [-0.2, -0.15) is 4.31 Å². The third-order valence-corrected chi connectivity index (χ3v) is 5.90. The second-order valence-corrected chi connectivity index (χ2v) is 7.56. The van der Waals surface area contributed by atoms with Gasteiger partial charge in [0.15, 0.2) is 0 Å². The standard InChI is InChI=1S/C14H16ClN3O2S/c1-17-10-16-13-6-7-18(8-14(13)17)21(19,20)9-11-4-2-3-5-12(11)15/h2-5,10H,6-9H2,1H3. The number of aryl methyl sites for hydroxylation is 1. The van der Waals surface area contributed by atoms with Gasteiger partial charge in [0, 0.05) is 25.0 Å². The zero-order valence-corrected chi connectivity index (χ0v) is 13.2. The molecule has 0 N–H and O–H groups in total. The summed E-state index contributed by atoms with van der Waals surface area (Å²) in [5.74, 6) is -0.0696. The summed E-state index contributed by atoms with van der Waals surface area (Å²) in [6, 6.07) is 7.05. The van der Waals surface area contributed by atoms with Crippen molar-refractivity contribution in [1.82, 2.24) is 13.9 Å². The molecule has 0 radical (unpaired) electrons. The summed E-state index contributed by atoms with van der Waals surface area (Å²) < 4.78 is 28.6. The molecule has 0 aliphatic carbocycles. The molecule has 7 heteroatoms. The molecule has 0 bridgehead atoms. The van der Waals surface area contributed by atoms with Crippen molar-refractivity contribution in [1.29, 1.82) is 0 Å². The van der Waals surface area contributed by atoms with Crippen LogP contribution in [-0.4, -0.2) is 28.8 Å². The molecule has 1 aromatic heterocycles. The fourth-order valence-electron chi connectivity index (χ4n) is 2.53. The molecule has 0 unspecified atom stereocenters. The molecule has 0 saturated heterocycles. The van der Waals surface area contributed by atoms with E-state index in [4.69, 9.17) is 11.6 Å². The molecule has 1 aliphatic heterocycles. The van der Waals surface area contributed by atoms with Crippen molar-refractivity contribution in [2.75, 3.05) is 6.54 Å². The van der Waals surface area contributed by atoms with Crippen molar-refractivity contribution in [2.45, 2.75) is 18.7 Å². The van der Waals surface area contributed by atoms with Gasteiger partial charge in [0.25, 0.3) is 0 Å². The molecule has 3 rings (SSSR count). The second kappa shape index (κ2) is 5.44. The van der Waals surface area contributed by atoms with Crippen molar-refractivity contribution in [3.63, 3.8) is 0 Å². The number of benzene rings is 1. The van der Waals surface area contributed by atoms with E-state index < -0.39 is 10.0 Å². The maximum absolute atomic E-state index is 12.6. The van der Waals surface area contributed by atoms with Crippen LogP contribution in [0.3, 0.4) is 0 Å². The lowest BCUT2D eigenvalue weighted by molar-refractivity contribution is 0.379. The van der Waals surface area contributed by atoms with E-state index >= 15 is 0 Å². The Morgan fingerprint density at radius 1 is 1.33 bits per heavy atom. The summed E-state index contributed by atoms with van der Waals surface area (Å²) >= 11 is 6.06. The molecule has 0 fully saturated rings. The smallest absolute Gasteiger partial charge is 0.218 e. The predicted octanol–water partition coefficient (Wildman–Crippen LogP) is 1.96. The molecular formula is C14H16ClN3O2S. The van der Waals surface area contributed by atoms with E-state index in [0.717, 1.165) is 11.4 Å². The fraction of sp³-hybridized carbons (Fsp3) is 0.357. The lowest BCUT2D eigenvalue weighted by Crippen LogP contribution is -2.37. The van der Waals surface area contributed by atoms with E-state index in [0.29, 0.717) is 30.1 Å². The highest BCUT2D eigenvalue weighted by molar-refractivity contribution is 7.88. The normalized spacial score (nSPS) is 15.9. The van der Waals surface area contributed by atoms with E-state index in [2.05, 4.69) is 4.98 Å². The molecule has 0 saturated carbocycles. The molecule has 0 spiro atoms. The number of rotatable bonds is 3. The number of aromatic nitrogens is 2. The lowest BCUT2D eigenvalue weighted by Gasteiger charge is -2.26. The largest absolute Gasteiger partial charge is 0.336 e. The van der Waals surface area contributed by atoms with E-state index in [1.165, 1.54) is 4.31 Å². The Morgan fingerprint density at radius 2 is 2.10 bits per heavy atom. The Kier molecular flexibility index (Phi) is 3.77. The number of fused-ring (bicyclic) bond motifs is 1. The fourth-order valence-corrected chi connectivity index (χ4v) is 4.33. The minimum atomic E-state index is -3.39. The summed E-state index contributed by atoms with van der Waals surface area (Å²) in [5, 5.41) is 0.485. The molecule has 0 atom stereocenters. The first-order chi connectivity index (χ1) is 9.97. The van der Waals surface area contributed by atoms with Crippen LogP contribution < -0.4 is 0 Å². The first-order valence-electron chi connectivity index (χ1n) is 6.67. The average molecular weight is 326 g/mol. The van der Waals surface area contributed by atoms with Crippen LogP contribution in [0, 0.1) is 0 Å². The van der Waals surface area contributed by atoms with Crippen molar-refractivity contribution >= 4 is 21.6 Å². The Bertz CT molecular complexity index is 770. The Labute approximate surface area is 129 Å². The number of hydrogen-bond acceptors (Lipinski definition) is 3. The van der Waals surface area contributed by atoms with Gasteiger partial charge in [-0.25, -0.2) is 13.4 Å². The van der Waals surface area contributed by atoms with Gasteiger partial charge in [-0.05, 0) is 11.6 Å². The summed E-state index contributed by atoms with van der Waals surface area (Å²) in [5.41, 5.74) is 2.58. The van der Waals surface area contributed by atoms with Crippen LogP contribution in [0.4, 0.5) is 0 Å². The van der Waals surface area contributed by atoms with Crippen LogP contribution in [0.5, 0.6) is 0 Å². The topological polar surface area (TPSA) is 55.2 Å². The highest BCUT2D eigenvalue weighted by Gasteiger charge is 2.29. The molecule has 2 aromatic rings. The maximum Gasteiger partial charge on any atom is 0.218 e. The zero-order chi connectivity index (χ0) is 15.0. The zero-order valence-electron chi connectivity index (χ0n) is 11.7. The first kappa shape index (κ1) is 14.6. The van der Waals surface area contributed by atoms with Crippen LogP contribution in [-0.2, 0) is 35.8 Å². The van der Waals surface area contributed by atoms with Crippen LogP contribution in [0.15, 0.2) is 30.6 Å². The number of sulfonamides is 1. The van der Waals surface area contributed by atoms with E-state index in [9.17, 15) is 8.42 Å². The maximum atomic E-state index is 12.6. The Balaban J connectivity index is 1.84. The average Bonchev–Trinajstić information content (AvgIpc) is 2.82. The minimum Gasteiger partial charge on any atom is -0.336 e. The van der Waals surface area contributed by atoms with Crippen molar-refractivity contribution in [3.8, 4) is 0 Å². The van der Waals surface area contributed by atoms with Gasteiger partial charge in [-0.1, -0.05) is 29.8 Å². The Morgan fingerprint density at radius 3 is 2.86 bits per heavy atom. The molecular weight excluding hydrogens is 310 g/mol. The van der Waals surface area contributed by atoms with E-state index in [-0.39, 0.29) is 5.75 Å². The number of halogens is 1. The second-order valence-electron chi connectivity index (χ2n) is 5.18. The van der Waals surface area contributed by atoms with E-state index in [1.54, 1.807) is 30.6 Å². The van der Waals surface area contributed by atoms with E-state index in [1.807, 2.05) is 11.6 Å². The quantitative estimate of drug-likeness (QED) is 0.867. The minimum absolute atomic E-state index is 0.0696. The highest BCUT2D eigenvalue weighted by Crippen LogP contribution is 2.24. The summed E-state index contributed by atoms with van der Waals surface area (Å²) in [6.07, 6.45) is 2.38. The number of nitrogens with zero attached hydrogens (tertiary/aromatic N) is 3. The van der Waals surface area contributed by atoms with Crippen molar-refractivity contribution < 1.29 is 8.42 Å². The van der Waals surface area contributed by atoms with Crippen molar-refractivity contribution in [3.05, 3.63) is 52.6 Å². The van der Waals surface area contributed by atoms with Crippen molar-refractivity contribution in [2.24, 2.45) is 7.05 Å². The molecule has 21 heavy (non-hydrogen) atoms. The molecule has 1 aliphatic rings. The summed E-state index contributed by atoms with van der Waals surface area (Å²) in [6.45, 7) is 0.843. The first-order valence-corrected chi connectivity index (χ1v) is 8.66. The monoisotopic (exact) mass is 325 g/mol. The van der Waals surface area contributed by atoms with Crippen LogP contribution in [0.1, 0.15) is 17.0 Å². The molecule has 1 aromatic carbocycles. The third kappa shape index (κ3) is 2.84. The van der Waals surface area contributed by atoms with Gasteiger partial charge in [0.2, 0.25) is 10.0 Å². The van der Waals surface area contributed by atoms with Gasteiger partial charge in [0.05, 0.1) is 30.0 Å². The lowest BCUT2D eigenvalue weighted by atomic mass is 10.2. The van der Waals surface area contributed by atoms with Gasteiger partial charge in [0.1, 0.15) is 0 Å². The number of hydrogen-bond donors (Lipinski definition) is 0. The predicted molar refractivity (Wildman–Crippen MR) is 81.4 cm³/mol. The van der Waals surface area contributed by atoms with Gasteiger partial charge >= 0.3 is 0 Å². The molecule has 112 valence electrons. The van der Waals surface area contributed by atoms with Gasteiger partial charge in [-0.3, -0.25) is 0 Å². The Hall–Kier alpha value is -1.37. The SMILES string of the molecule is Cn1cnc2c1CN(S(=O)(=O)Cc1ccccc1Cl)CC2. The summed E-state index contributed by atoms with van der Waals surface area (Å²) in [7, 11) is -1.50. The summed E-state index contributed by atoms with van der Waals surface area (Å²) in [4.78, 5) is 4.29. The van der Waals surface area contributed by atoms with Crippen LogP contribution in [0.2, 0.25) is 5.02 Å². The molecule has 2 heterocycles.